The Hall–Kier alpha value is -0.820. The van der Waals surface area contributed by atoms with Crippen LogP contribution >= 0.6 is 0 Å². The summed E-state index contributed by atoms with van der Waals surface area (Å²) in [6.07, 6.45) is 10.7. The summed E-state index contributed by atoms with van der Waals surface area (Å²) in [5.41, 5.74) is 5.21. The molecule has 1 N–H and O–H groups in total. The maximum Gasteiger partial charge on any atom is 0.0294 e. The van der Waals surface area contributed by atoms with Crippen LogP contribution in [-0.4, -0.2) is 6.04 Å². The van der Waals surface area contributed by atoms with E-state index in [9.17, 15) is 0 Å². The maximum atomic E-state index is 3.90. The van der Waals surface area contributed by atoms with E-state index in [1.807, 2.05) is 0 Å². The topological polar surface area (TPSA) is 12.0 Å². The molecular weight excluding hydrogens is 254 g/mol. The molecule has 1 nitrogen and oxygen atoms in total. The molecule has 1 heteroatoms. The molecule has 116 valence electrons. The zero-order chi connectivity index (χ0) is 14.9. The van der Waals surface area contributed by atoms with Crippen LogP contribution in [0.15, 0.2) is 18.2 Å². The van der Waals surface area contributed by atoms with E-state index in [1.165, 1.54) is 56.9 Å². The van der Waals surface area contributed by atoms with Crippen LogP contribution in [0, 0.1) is 5.41 Å². The largest absolute Gasteiger partial charge is 0.307 e. The number of benzene rings is 1. The van der Waals surface area contributed by atoms with Crippen molar-refractivity contribution in [2.75, 3.05) is 0 Å². The lowest BCUT2D eigenvalue weighted by Crippen LogP contribution is -2.38. The van der Waals surface area contributed by atoms with Crippen molar-refractivity contribution >= 4 is 0 Å². The van der Waals surface area contributed by atoms with E-state index < -0.39 is 0 Å². The van der Waals surface area contributed by atoms with Crippen molar-refractivity contribution < 1.29 is 0 Å². The van der Waals surface area contributed by atoms with E-state index in [0.717, 1.165) is 0 Å². The van der Waals surface area contributed by atoms with Gasteiger partial charge in [-0.3, -0.25) is 0 Å². The second-order valence-corrected chi connectivity index (χ2v) is 8.08. The Bertz CT molecular complexity index is 489. The highest BCUT2D eigenvalue weighted by atomic mass is 14.9. The summed E-state index contributed by atoms with van der Waals surface area (Å²) in [5.74, 6) is 0. The first kappa shape index (κ1) is 15.1. The van der Waals surface area contributed by atoms with Gasteiger partial charge < -0.3 is 5.32 Å². The van der Waals surface area contributed by atoms with E-state index in [2.05, 4.69) is 44.3 Å². The molecule has 0 aliphatic heterocycles. The smallest absolute Gasteiger partial charge is 0.0294 e. The zero-order valence-electron chi connectivity index (χ0n) is 14.0. The van der Waals surface area contributed by atoms with E-state index in [-0.39, 0.29) is 0 Å². The minimum atomic E-state index is 0.483. The second kappa shape index (κ2) is 6.12. The van der Waals surface area contributed by atoms with Crippen molar-refractivity contribution in [3.05, 3.63) is 34.9 Å². The van der Waals surface area contributed by atoms with Crippen molar-refractivity contribution in [3.8, 4) is 0 Å². The van der Waals surface area contributed by atoms with E-state index in [0.29, 0.717) is 17.5 Å². The number of nitrogens with one attached hydrogen (secondary N) is 1. The SMILES string of the molecule is CC(NC1CCCC(C)(C)C1)c1ccc2c(c1)CCCC2. The Morgan fingerprint density at radius 3 is 2.62 bits per heavy atom. The van der Waals surface area contributed by atoms with Gasteiger partial charge in [0.2, 0.25) is 0 Å². The van der Waals surface area contributed by atoms with Crippen LogP contribution in [0.5, 0.6) is 0 Å². The minimum Gasteiger partial charge on any atom is -0.307 e. The summed E-state index contributed by atoms with van der Waals surface area (Å²) in [6.45, 7) is 7.18. The van der Waals surface area contributed by atoms with Crippen LogP contribution in [0.25, 0.3) is 0 Å². The fourth-order valence-corrected chi connectivity index (χ4v) is 4.31. The fraction of sp³-hybridized carbons (Fsp3) is 0.700. The number of aryl methyl sites for hydroxylation is 2. The molecular formula is C20H31N. The summed E-state index contributed by atoms with van der Waals surface area (Å²) < 4.78 is 0. The van der Waals surface area contributed by atoms with E-state index >= 15 is 0 Å². The predicted molar refractivity (Wildman–Crippen MR) is 90.7 cm³/mol. The number of fused-ring (bicyclic) bond motifs is 1. The third-order valence-electron chi connectivity index (χ3n) is 5.56. The molecule has 1 fully saturated rings. The Labute approximate surface area is 130 Å². The van der Waals surface area contributed by atoms with Gasteiger partial charge in [0.05, 0.1) is 0 Å². The van der Waals surface area contributed by atoms with Crippen molar-refractivity contribution in [2.45, 2.75) is 84.2 Å². The maximum absolute atomic E-state index is 3.90. The molecule has 3 rings (SSSR count). The highest BCUT2D eigenvalue weighted by Gasteiger charge is 2.28. The first-order valence-electron chi connectivity index (χ1n) is 8.91. The van der Waals surface area contributed by atoms with Crippen LogP contribution in [0.1, 0.15) is 82.0 Å². The van der Waals surface area contributed by atoms with Gasteiger partial charge in [-0.1, -0.05) is 38.5 Å². The summed E-state index contributed by atoms with van der Waals surface area (Å²) >= 11 is 0. The van der Waals surface area contributed by atoms with Gasteiger partial charge in [-0.25, -0.2) is 0 Å². The molecule has 1 aromatic rings. The van der Waals surface area contributed by atoms with Gasteiger partial charge in [0, 0.05) is 12.1 Å². The molecule has 1 aromatic carbocycles. The molecule has 0 saturated heterocycles. The van der Waals surface area contributed by atoms with E-state index in [4.69, 9.17) is 0 Å². The second-order valence-electron chi connectivity index (χ2n) is 8.08. The molecule has 1 saturated carbocycles. The van der Waals surface area contributed by atoms with E-state index in [1.54, 1.807) is 11.1 Å². The molecule has 0 amide bonds. The highest BCUT2D eigenvalue weighted by Crippen LogP contribution is 2.36. The van der Waals surface area contributed by atoms with Gasteiger partial charge in [0.25, 0.3) is 0 Å². The summed E-state index contributed by atoms with van der Waals surface area (Å²) in [7, 11) is 0. The lowest BCUT2D eigenvalue weighted by Gasteiger charge is -2.37. The Kier molecular flexibility index (Phi) is 4.40. The normalized spacial score (nSPS) is 26.1. The van der Waals surface area contributed by atoms with Crippen LogP contribution in [0.2, 0.25) is 0 Å². The van der Waals surface area contributed by atoms with Crippen LogP contribution in [0.3, 0.4) is 0 Å². The zero-order valence-corrected chi connectivity index (χ0v) is 14.0. The van der Waals surface area contributed by atoms with Gasteiger partial charge in [0.1, 0.15) is 0 Å². The van der Waals surface area contributed by atoms with Crippen LogP contribution in [0.4, 0.5) is 0 Å². The van der Waals surface area contributed by atoms with Gasteiger partial charge >= 0.3 is 0 Å². The number of hydrogen-bond donors (Lipinski definition) is 1. The Morgan fingerprint density at radius 1 is 1.10 bits per heavy atom. The molecule has 0 radical (unpaired) electrons. The molecule has 0 bridgehead atoms. The average Bonchev–Trinajstić information content (AvgIpc) is 2.45. The molecule has 2 unspecified atom stereocenters. The monoisotopic (exact) mass is 285 g/mol. The Morgan fingerprint density at radius 2 is 1.86 bits per heavy atom. The molecule has 2 aliphatic carbocycles. The van der Waals surface area contributed by atoms with Gasteiger partial charge in [-0.05, 0) is 74.0 Å². The molecule has 0 aromatic heterocycles. The van der Waals surface area contributed by atoms with Crippen molar-refractivity contribution in [3.63, 3.8) is 0 Å². The van der Waals surface area contributed by atoms with Crippen LogP contribution < -0.4 is 5.32 Å². The number of rotatable bonds is 3. The minimum absolute atomic E-state index is 0.483. The molecule has 21 heavy (non-hydrogen) atoms. The van der Waals surface area contributed by atoms with Gasteiger partial charge in [0.15, 0.2) is 0 Å². The van der Waals surface area contributed by atoms with Crippen molar-refractivity contribution in [1.29, 1.82) is 0 Å². The first-order valence-corrected chi connectivity index (χ1v) is 8.91. The quantitative estimate of drug-likeness (QED) is 0.806. The highest BCUT2D eigenvalue weighted by molar-refractivity contribution is 5.35. The Balaban J connectivity index is 1.66. The van der Waals surface area contributed by atoms with Gasteiger partial charge in [-0.2, -0.15) is 0 Å². The summed E-state index contributed by atoms with van der Waals surface area (Å²) in [4.78, 5) is 0. The molecule has 0 spiro atoms. The van der Waals surface area contributed by atoms with Gasteiger partial charge in [-0.15, -0.1) is 0 Å². The average molecular weight is 285 g/mol. The summed E-state index contributed by atoms with van der Waals surface area (Å²) in [6, 6.07) is 8.39. The summed E-state index contributed by atoms with van der Waals surface area (Å²) in [5, 5.41) is 3.90. The molecule has 0 heterocycles. The third kappa shape index (κ3) is 3.69. The van der Waals surface area contributed by atoms with Crippen molar-refractivity contribution in [1.82, 2.24) is 5.32 Å². The van der Waals surface area contributed by atoms with Crippen LogP contribution in [-0.2, 0) is 12.8 Å². The van der Waals surface area contributed by atoms with Crippen molar-refractivity contribution in [2.24, 2.45) is 5.41 Å². The standard InChI is InChI=1S/C20H31N/c1-15(21-19-9-6-12-20(2,3)14-19)17-11-10-16-7-4-5-8-18(16)13-17/h10-11,13,15,19,21H,4-9,12,14H2,1-3H3. The number of hydrogen-bond acceptors (Lipinski definition) is 1. The lowest BCUT2D eigenvalue weighted by atomic mass is 9.75. The molecule has 2 aliphatic rings. The fourth-order valence-electron chi connectivity index (χ4n) is 4.31. The predicted octanol–water partition coefficient (Wildman–Crippen LogP) is 5.18. The molecule has 2 atom stereocenters. The third-order valence-corrected chi connectivity index (χ3v) is 5.56. The lowest BCUT2D eigenvalue weighted by molar-refractivity contribution is 0.191. The first-order chi connectivity index (χ1) is 10.0.